The van der Waals surface area contributed by atoms with E-state index in [0.717, 1.165) is 12.3 Å². The van der Waals surface area contributed by atoms with Gasteiger partial charge in [0.15, 0.2) is 0 Å². The summed E-state index contributed by atoms with van der Waals surface area (Å²) >= 11 is 0. The number of nitrogens with zero attached hydrogens (tertiary/aromatic N) is 3. The monoisotopic (exact) mass is 347 g/mol. The highest BCUT2D eigenvalue weighted by Crippen LogP contribution is 2.20. The first kappa shape index (κ1) is 18.3. The minimum Gasteiger partial charge on any atom is -0.365 e. The maximum absolute atomic E-state index is 14.1. The third-order valence-electron chi connectivity index (χ3n) is 3.41. The number of amides is 1. The summed E-state index contributed by atoms with van der Waals surface area (Å²) in [6.45, 7) is 0.666. The third kappa shape index (κ3) is 4.70. The summed E-state index contributed by atoms with van der Waals surface area (Å²) in [5, 5.41) is 13.6. The number of pyridine rings is 1. The number of nitro groups is 1. The fraction of sp³-hybridized carbons (Fsp3) is 0.250. The van der Waals surface area contributed by atoms with Gasteiger partial charge in [0.1, 0.15) is 17.8 Å². The molecule has 1 aromatic carbocycles. The van der Waals surface area contributed by atoms with Crippen LogP contribution in [0.25, 0.3) is 0 Å². The summed E-state index contributed by atoms with van der Waals surface area (Å²) in [6.07, 6.45) is 1.02. The van der Waals surface area contributed by atoms with Gasteiger partial charge in [-0.25, -0.2) is 9.37 Å². The summed E-state index contributed by atoms with van der Waals surface area (Å²) in [5.41, 5.74) is 6.01. The lowest BCUT2D eigenvalue weighted by Crippen LogP contribution is -2.16. The summed E-state index contributed by atoms with van der Waals surface area (Å²) in [6, 6.07) is 5.88. The molecule has 25 heavy (non-hydrogen) atoms. The number of hydrogen-bond acceptors (Lipinski definition) is 6. The van der Waals surface area contributed by atoms with Crippen molar-refractivity contribution in [3.63, 3.8) is 0 Å². The molecular formula is C16H18FN5O3. The number of benzene rings is 1. The topological polar surface area (TPSA) is 114 Å². The molecule has 0 saturated carbocycles. The molecule has 0 spiro atoms. The minimum absolute atomic E-state index is 0.0982. The first-order valence-electron chi connectivity index (χ1n) is 7.38. The van der Waals surface area contributed by atoms with Crippen LogP contribution in [0.5, 0.6) is 0 Å². The first-order chi connectivity index (χ1) is 11.8. The van der Waals surface area contributed by atoms with Gasteiger partial charge in [0.2, 0.25) is 0 Å². The number of primary amides is 1. The highest BCUT2D eigenvalue weighted by atomic mass is 19.1. The van der Waals surface area contributed by atoms with Crippen molar-refractivity contribution in [3.05, 3.63) is 63.1 Å². The molecule has 0 aliphatic rings. The Hall–Kier alpha value is -3.07. The SMILES string of the molecule is CN(C)Cc1ccc(CNc2ncc([N+](=O)[O-])cc2C(N)=O)cc1F. The zero-order chi connectivity index (χ0) is 18.6. The van der Waals surface area contributed by atoms with E-state index in [0.29, 0.717) is 17.7 Å². The Bertz CT molecular complexity index is 810. The van der Waals surface area contributed by atoms with E-state index >= 15 is 0 Å². The van der Waals surface area contributed by atoms with Gasteiger partial charge in [0.25, 0.3) is 11.6 Å². The lowest BCUT2D eigenvalue weighted by Gasteiger charge is -2.12. The molecule has 0 fully saturated rings. The molecule has 2 rings (SSSR count). The van der Waals surface area contributed by atoms with Crippen LogP contribution in [-0.4, -0.2) is 34.8 Å². The van der Waals surface area contributed by atoms with Gasteiger partial charge in [-0.2, -0.15) is 0 Å². The molecule has 3 N–H and O–H groups in total. The van der Waals surface area contributed by atoms with Crippen molar-refractivity contribution in [2.24, 2.45) is 5.73 Å². The van der Waals surface area contributed by atoms with Crippen LogP contribution in [0, 0.1) is 15.9 Å². The predicted molar refractivity (Wildman–Crippen MR) is 90.5 cm³/mol. The minimum atomic E-state index is -0.841. The quantitative estimate of drug-likeness (QED) is 0.584. The number of hydrogen-bond donors (Lipinski definition) is 2. The Balaban J connectivity index is 2.17. The summed E-state index contributed by atoms with van der Waals surface area (Å²) in [7, 11) is 3.70. The Morgan fingerprint density at radius 2 is 2.12 bits per heavy atom. The molecular weight excluding hydrogens is 329 g/mol. The number of rotatable bonds is 7. The van der Waals surface area contributed by atoms with Gasteiger partial charge in [0, 0.05) is 24.7 Å². The van der Waals surface area contributed by atoms with Crippen molar-refractivity contribution in [1.82, 2.24) is 9.88 Å². The van der Waals surface area contributed by atoms with Crippen LogP contribution in [0.2, 0.25) is 0 Å². The predicted octanol–water partition coefficient (Wildman–Crippen LogP) is 1.90. The fourth-order valence-corrected chi connectivity index (χ4v) is 2.24. The zero-order valence-corrected chi connectivity index (χ0v) is 13.8. The molecule has 2 aromatic rings. The summed E-state index contributed by atoms with van der Waals surface area (Å²) in [5.74, 6) is -1.07. The van der Waals surface area contributed by atoms with Crippen molar-refractivity contribution >= 4 is 17.4 Å². The number of anilines is 1. The lowest BCUT2D eigenvalue weighted by atomic mass is 10.1. The van der Waals surface area contributed by atoms with E-state index in [4.69, 9.17) is 5.73 Å². The zero-order valence-electron chi connectivity index (χ0n) is 13.8. The standard InChI is InChI=1S/C16H18FN5O3/c1-21(2)9-11-4-3-10(5-14(11)17)7-19-16-13(15(18)23)6-12(8-20-16)22(24)25/h3-6,8H,7,9H2,1-2H3,(H2,18,23)(H,19,20). The van der Waals surface area contributed by atoms with Gasteiger partial charge >= 0.3 is 0 Å². The fourth-order valence-electron chi connectivity index (χ4n) is 2.24. The van der Waals surface area contributed by atoms with E-state index in [1.54, 1.807) is 12.1 Å². The highest BCUT2D eigenvalue weighted by molar-refractivity contribution is 5.98. The lowest BCUT2D eigenvalue weighted by molar-refractivity contribution is -0.385. The largest absolute Gasteiger partial charge is 0.365 e. The number of carbonyl (C=O) groups excluding carboxylic acids is 1. The summed E-state index contributed by atoms with van der Waals surface area (Å²) < 4.78 is 14.1. The second kappa shape index (κ2) is 7.67. The maximum Gasteiger partial charge on any atom is 0.288 e. The second-order valence-corrected chi connectivity index (χ2v) is 5.73. The number of aromatic nitrogens is 1. The van der Waals surface area contributed by atoms with Gasteiger partial charge in [-0.1, -0.05) is 12.1 Å². The van der Waals surface area contributed by atoms with Gasteiger partial charge in [-0.3, -0.25) is 14.9 Å². The number of nitrogens with two attached hydrogens (primary N) is 1. The second-order valence-electron chi connectivity index (χ2n) is 5.73. The molecule has 0 radical (unpaired) electrons. The Kier molecular flexibility index (Phi) is 5.60. The molecule has 9 heteroatoms. The highest BCUT2D eigenvalue weighted by Gasteiger charge is 2.16. The summed E-state index contributed by atoms with van der Waals surface area (Å²) in [4.78, 5) is 27.3. The molecule has 1 amide bonds. The van der Waals surface area contributed by atoms with E-state index in [-0.39, 0.29) is 29.4 Å². The molecule has 0 aliphatic heterocycles. The van der Waals surface area contributed by atoms with Crippen LogP contribution < -0.4 is 11.1 Å². The van der Waals surface area contributed by atoms with E-state index in [1.807, 2.05) is 19.0 Å². The van der Waals surface area contributed by atoms with E-state index < -0.39 is 10.8 Å². The first-order valence-corrected chi connectivity index (χ1v) is 7.38. The normalized spacial score (nSPS) is 10.7. The van der Waals surface area contributed by atoms with Crippen LogP contribution in [0.15, 0.2) is 30.5 Å². The molecule has 0 saturated heterocycles. The molecule has 0 bridgehead atoms. The maximum atomic E-state index is 14.1. The molecule has 0 unspecified atom stereocenters. The van der Waals surface area contributed by atoms with Crippen LogP contribution in [0.4, 0.5) is 15.9 Å². The van der Waals surface area contributed by atoms with Gasteiger partial charge in [-0.15, -0.1) is 0 Å². The average molecular weight is 347 g/mol. The van der Waals surface area contributed by atoms with Gasteiger partial charge in [-0.05, 0) is 25.7 Å². The van der Waals surface area contributed by atoms with Crippen molar-refractivity contribution in [2.45, 2.75) is 13.1 Å². The molecule has 132 valence electrons. The number of carbonyl (C=O) groups is 1. The molecule has 1 heterocycles. The van der Waals surface area contributed by atoms with Crippen molar-refractivity contribution in [3.8, 4) is 0 Å². The third-order valence-corrected chi connectivity index (χ3v) is 3.41. The van der Waals surface area contributed by atoms with Crippen LogP contribution in [0.1, 0.15) is 21.5 Å². The number of halogens is 1. The Labute approximate surface area is 143 Å². The molecule has 8 nitrogen and oxygen atoms in total. The van der Waals surface area contributed by atoms with Gasteiger partial charge in [0.05, 0.1) is 10.5 Å². The molecule has 0 aliphatic carbocycles. The van der Waals surface area contributed by atoms with Crippen molar-refractivity contribution < 1.29 is 14.1 Å². The van der Waals surface area contributed by atoms with Crippen LogP contribution >= 0.6 is 0 Å². The van der Waals surface area contributed by atoms with Crippen molar-refractivity contribution in [1.29, 1.82) is 0 Å². The van der Waals surface area contributed by atoms with E-state index in [1.165, 1.54) is 6.07 Å². The Morgan fingerprint density at radius 1 is 1.40 bits per heavy atom. The Morgan fingerprint density at radius 3 is 2.68 bits per heavy atom. The average Bonchev–Trinajstić information content (AvgIpc) is 2.54. The smallest absolute Gasteiger partial charge is 0.288 e. The molecule has 0 atom stereocenters. The van der Waals surface area contributed by atoms with E-state index in [9.17, 15) is 19.3 Å². The van der Waals surface area contributed by atoms with E-state index in [2.05, 4.69) is 10.3 Å². The molecule has 1 aromatic heterocycles. The van der Waals surface area contributed by atoms with Crippen molar-refractivity contribution in [2.75, 3.05) is 19.4 Å². The van der Waals surface area contributed by atoms with Crippen LogP contribution in [0.3, 0.4) is 0 Å². The number of nitrogens with one attached hydrogen (secondary N) is 1. The van der Waals surface area contributed by atoms with Crippen LogP contribution in [-0.2, 0) is 13.1 Å². The van der Waals surface area contributed by atoms with Gasteiger partial charge < -0.3 is 16.0 Å².